The van der Waals surface area contributed by atoms with Gasteiger partial charge in [0, 0.05) is 23.3 Å². The molecule has 1 amide bonds. The number of amides is 1. The van der Waals surface area contributed by atoms with E-state index in [2.05, 4.69) is 31.4 Å². The highest BCUT2D eigenvalue weighted by Crippen LogP contribution is 2.26. The molecule has 1 saturated carbocycles. The number of rotatable bonds is 6. The first kappa shape index (κ1) is 19.3. The Bertz CT molecular complexity index is 619. The van der Waals surface area contributed by atoms with Crippen LogP contribution < -0.4 is 10.6 Å². The Morgan fingerprint density at radius 1 is 1.12 bits per heavy atom. The van der Waals surface area contributed by atoms with Crippen molar-refractivity contribution in [1.29, 1.82) is 0 Å². The van der Waals surface area contributed by atoms with Crippen LogP contribution in [0.25, 0.3) is 0 Å². The van der Waals surface area contributed by atoms with Crippen LogP contribution in [0.1, 0.15) is 62.4 Å². The SMILES string of the molecule is Cc1c(NC(C)C(C)C)cccc1C(=O)NC1CCC(C(=O)O)CC1. The van der Waals surface area contributed by atoms with Crippen LogP contribution in [0.5, 0.6) is 0 Å². The van der Waals surface area contributed by atoms with Crippen molar-refractivity contribution >= 4 is 17.6 Å². The number of benzene rings is 1. The standard InChI is InChI=1S/C20H30N2O3/c1-12(2)14(4)21-18-7-5-6-17(13(18)3)19(23)22-16-10-8-15(9-11-16)20(24)25/h5-7,12,14-16,21H,8-11H2,1-4H3,(H,22,23)(H,24,25). The average Bonchev–Trinajstić information content (AvgIpc) is 2.56. The average molecular weight is 346 g/mol. The van der Waals surface area contributed by atoms with Gasteiger partial charge in [0.1, 0.15) is 0 Å². The summed E-state index contributed by atoms with van der Waals surface area (Å²) in [6.45, 7) is 8.43. The third-order valence-electron chi connectivity index (χ3n) is 5.37. The molecule has 0 aliphatic heterocycles. The molecule has 0 saturated heterocycles. The van der Waals surface area contributed by atoms with Gasteiger partial charge in [-0.05, 0) is 63.1 Å². The smallest absolute Gasteiger partial charge is 0.306 e. The molecule has 1 atom stereocenters. The lowest BCUT2D eigenvalue weighted by Gasteiger charge is -2.27. The Kier molecular flexibility index (Phi) is 6.45. The van der Waals surface area contributed by atoms with E-state index in [0.717, 1.165) is 24.1 Å². The number of anilines is 1. The van der Waals surface area contributed by atoms with E-state index >= 15 is 0 Å². The second-order valence-electron chi connectivity index (χ2n) is 7.52. The monoisotopic (exact) mass is 346 g/mol. The molecular formula is C20H30N2O3. The summed E-state index contributed by atoms with van der Waals surface area (Å²) in [6, 6.07) is 6.14. The summed E-state index contributed by atoms with van der Waals surface area (Å²) >= 11 is 0. The van der Waals surface area contributed by atoms with Crippen molar-refractivity contribution in [1.82, 2.24) is 5.32 Å². The summed E-state index contributed by atoms with van der Waals surface area (Å²) in [5, 5.41) is 15.6. The molecule has 1 aliphatic rings. The Morgan fingerprint density at radius 3 is 2.32 bits per heavy atom. The largest absolute Gasteiger partial charge is 0.481 e. The first-order chi connectivity index (χ1) is 11.8. The minimum Gasteiger partial charge on any atom is -0.481 e. The molecule has 0 bridgehead atoms. The molecule has 1 unspecified atom stereocenters. The predicted molar refractivity (Wildman–Crippen MR) is 99.9 cm³/mol. The lowest BCUT2D eigenvalue weighted by atomic mass is 9.86. The van der Waals surface area contributed by atoms with Crippen LogP contribution >= 0.6 is 0 Å². The summed E-state index contributed by atoms with van der Waals surface area (Å²) in [5.41, 5.74) is 2.62. The number of carbonyl (C=O) groups is 2. The van der Waals surface area contributed by atoms with E-state index in [1.165, 1.54) is 0 Å². The second kappa shape index (κ2) is 8.37. The van der Waals surface area contributed by atoms with Crippen molar-refractivity contribution in [3.8, 4) is 0 Å². The summed E-state index contributed by atoms with van der Waals surface area (Å²) in [4.78, 5) is 23.7. The lowest BCUT2D eigenvalue weighted by Crippen LogP contribution is -2.39. The number of carboxylic acid groups (broad SMARTS) is 1. The fourth-order valence-electron chi connectivity index (χ4n) is 3.20. The number of carboxylic acids is 1. The van der Waals surface area contributed by atoms with E-state index in [1.807, 2.05) is 25.1 Å². The first-order valence-electron chi connectivity index (χ1n) is 9.19. The number of carbonyl (C=O) groups excluding carboxylic acids is 1. The van der Waals surface area contributed by atoms with Crippen molar-refractivity contribution in [2.75, 3.05) is 5.32 Å². The van der Waals surface area contributed by atoms with Gasteiger partial charge in [0.05, 0.1) is 5.92 Å². The van der Waals surface area contributed by atoms with Crippen LogP contribution in [0, 0.1) is 18.8 Å². The van der Waals surface area contributed by atoms with Crippen LogP contribution in [-0.4, -0.2) is 29.1 Å². The molecule has 1 aliphatic carbocycles. The van der Waals surface area contributed by atoms with Gasteiger partial charge >= 0.3 is 5.97 Å². The van der Waals surface area contributed by atoms with E-state index in [-0.39, 0.29) is 17.9 Å². The van der Waals surface area contributed by atoms with Gasteiger partial charge in [-0.2, -0.15) is 0 Å². The van der Waals surface area contributed by atoms with Crippen molar-refractivity contribution in [2.24, 2.45) is 11.8 Å². The Hall–Kier alpha value is -2.04. The van der Waals surface area contributed by atoms with Gasteiger partial charge in [-0.1, -0.05) is 19.9 Å². The molecule has 3 N–H and O–H groups in total. The molecule has 0 spiro atoms. The molecule has 5 heteroatoms. The van der Waals surface area contributed by atoms with Gasteiger partial charge in [0.25, 0.3) is 5.91 Å². The van der Waals surface area contributed by atoms with Crippen molar-refractivity contribution < 1.29 is 14.7 Å². The fraction of sp³-hybridized carbons (Fsp3) is 0.600. The number of nitrogens with one attached hydrogen (secondary N) is 2. The van der Waals surface area contributed by atoms with Crippen LogP contribution in [0.3, 0.4) is 0 Å². The third-order valence-corrected chi connectivity index (χ3v) is 5.37. The molecular weight excluding hydrogens is 316 g/mol. The normalized spacial score (nSPS) is 21.6. The maximum Gasteiger partial charge on any atom is 0.306 e. The maximum absolute atomic E-state index is 12.7. The molecule has 25 heavy (non-hydrogen) atoms. The molecule has 0 radical (unpaired) electrons. The van der Waals surface area contributed by atoms with E-state index in [1.54, 1.807) is 0 Å². The molecule has 0 heterocycles. The highest BCUT2D eigenvalue weighted by atomic mass is 16.4. The van der Waals surface area contributed by atoms with Gasteiger partial charge in [0.15, 0.2) is 0 Å². The minimum absolute atomic E-state index is 0.0636. The fourth-order valence-corrected chi connectivity index (χ4v) is 3.20. The quantitative estimate of drug-likeness (QED) is 0.731. The van der Waals surface area contributed by atoms with Crippen LogP contribution in [-0.2, 0) is 4.79 Å². The van der Waals surface area contributed by atoms with Gasteiger partial charge in [-0.15, -0.1) is 0 Å². The molecule has 1 aromatic carbocycles. The Balaban J connectivity index is 2.01. The lowest BCUT2D eigenvalue weighted by molar-refractivity contribution is -0.142. The maximum atomic E-state index is 12.7. The van der Waals surface area contributed by atoms with Crippen LogP contribution in [0.15, 0.2) is 18.2 Å². The zero-order valence-electron chi connectivity index (χ0n) is 15.6. The van der Waals surface area contributed by atoms with E-state index in [4.69, 9.17) is 5.11 Å². The Morgan fingerprint density at radius 2 is 1.76 bits per heavy atom. The molecule has 138 valence electrons. The second-order valence-corrected chi connectivity index (χ2v) is 7.52. The highest BCUT2D eigenvalue weighted by molar-refractivity contribution is 5.97. The summed E-state index contributed by atoms with van der Waals surface area (Å²) < 4.78 is 0. The predicted octanol–water partition coefficient (Wildman–Crippen LogP) is 3.82. The molecule has 1 aromatic rings. The first-order valence-corrected chi connectivity index (χ1v) is 9.19. The summed E-state index contributed by atoms with van der Waals surface area (Å²) in [5.74, 6) is -0.558. The molecule has 5 nitrogen and oxygen atoms in total. The topological polar surface area (TPSA) is 78.4 Å². The van der Waals surface area contributed by atoms with Gasteiger partial charge in [-0.25, -0.2) is 0 Å². The number of hydrogen-bond donors (Lipinski definition) is 3. The molecule has 2 rings (SSSR count). The van der Waals surface area contributed by atoms with E-state index < -0.39 is 5.97 Å². The third kappa shape index (κ3) is 4.97. The Labute approximate surface area is 150 Å². The minimum atomic E-state index is -0.723. The van der Waals surface area contributed by atoms with Crippen molar-refractivity contribution in [2.45, 2.75) is 65.5 Å². The zero-order chi connectivity index (χ0) is 18.6. The van der Waals surface area contributed by atoms with E-state index in [0.29, 0.717) is 30.4 Å². The van der Waals surface area contributed by atoms with E-state index in [9.17, 15) is 9.59 Å². The summed E-state index contributed by atoms with van der Waals surface area (Å²) in [6.07, 6.45) is 2.72. The van der Waals surface area contributed by atoms with Crippen molar-refractivity contribution in [3.05, 3.63) is 29.3 Å². The number of aliphatic carboxylic acids is 1. The van der Waals surface area contributed by atoms with Gasteiger partial charge in [0.2, 0.25) is 0 Å². The summed E-state index contributed by atoms with van der Waals surface area (Å²) in [7, 11) is 0. The molecule has 0 aromatic heterocycles. The number of hydrogen-bond acceptors (Lipinski definition) is 3. The highest BCUT2D eigenvalue weighted by Gasteiger charge is 2.27. The zero-order valence-corrected chi connectivity index (χ0v) is 15.6. The van der Waals surface area contributed by atoms with Gasteiger partial charge in [-0.3, -0.25) is 9.59 Å². The van der Waals surface area contributed by atoms with Crippen LogP contribution in [0.4, 0.5) is 5.69 Å². The van der Waals surface area contributed by atoms with Crippen LogP contribution in [0.2, 0.25) is 0 Å². The molecule has 1 fully saturated rings. The van der Waals surface area contributed by atoms with Gasteiger partial charge < -0.3 is 15.7 Å². The van der Waals surface area contributed by atoms with Crippen molar-refractivity contribution in [3.63, 3.8) is 0 Å².